The van der Waals surface area contributed by atoms with Gasteiger partial charge in [0.1, 0.15) is 11.8 Å². The van der Waals surface area contributed by atoms with E-state index in [1.54, 1.807) is 19.1 Å². The van der Waals surface area contributed by atoms with Gasteiger partial charge in [0, 0.05) is 16.7 Å². The second-order valence-electron chi connectivity index (χ2n) is 4.43. The molecule has 1 unspecified atom stereocenters. The van der Waals surface area contributed by atoms with Gasteiger partial charge in [-0.2, -0.15) is 0 Å². The zero-order valence-electron chi connectivity index (χ0n) is 11.1. The molecule has 1 heterocycles. The molecule has 0 aromatic heterocycles. The van der Waals surface area contributed by atoms with Crippen LogP contribution in [0.2, 0.25) is 5.02 Å². The van der Waals surface area contributed by atoms with Crippen LogP contribution in [-0.4, -0.2) is 43.0 Å². The first-order valence-electron chi connectivity index (χ1n) is 6.07. The van der Waals surface area contributed by atoms with Crippen LogP contribution in [0.1, 0.15) is 17.3 Å². The third-order valence-electron chi connectivity index (χ3n) is 3.23. The lowest BCUT2D eigenvalue weighted by molar-refractivity contribution is -0.127. The van der Waals surface area contributed by atoms with E-state index in [1.165, 1.54) is 12.0 Å². The molecule has 108 valence electrons. The zero-order valence-corrected chi connectivity index (χ0v) is 14.0. The van der Waals surface area contributed by atoms with Crippen molar-refractivity contribution in [2.24, 2.45) is 0 Å². The van der Waals surface area contributed by atoms with Gasteiger partial charge in [-0.1, -0.05) is 11.6 Å². The lowest BCUT2D eigenvalue weighted by atomic mass is 10.1. The second kappa shape index (κ2) is 6.17. The Hall–Kier alpha value is -1.02. The average Bonchev–Trinajstić information content (AvgIpc) is 2.43. The molecule has 20 heavy (non-hydrogen) atoms. The minimum Gasteiger partial charge on any atom is -0.496 e. The number of rotatable bonds is 2. The highest BCUT2D eigenvalue weighted by Crippen LogP contribution is 2.29. The van der Waals surface area contributed by atoms with Crippen LogP contribution in [0.25, 0.3) is 0 Å². The third-order valence-corrected chi connectivity index (χ3v) is 4.76. The van der Waals surface area contributed by atoms with Crippen molar-refractivity contribution in [3.63, 3.8) is 0 Å². The SMILES string of the molecule is COc1cc(I)c(Cl)cc1C(=O)N1CCNC(=O)C1C. The van der Waals surface area contributed by atoms with Crippen molar-refractivity contribution >= 4 is 46.0 Å². The van der Waals surface area contributed by atoms with Gasteiger partial charge in [-0.15, -0.1) is 0 Å². The number of benzene rings is 1. The summed E-state index contributed by atoms with van der Waals surface area (Å²) in [6, 6.07) is 2.80. The largest absolute Gasteiger partial charge is 0.496 e. The summed E-state index contributed by atoms with van der Waals surface area (Å²) in [7, 11) is 1.50. The number of hydrogen-bond donors (Lipinski definition) is 1. The summed E-state index contributed by atoms with van der Waals surface area (Å²) in [5, 5.41) is 3.22. The van der Waals surface area contributed by atoms with Crippen molar-refractivity contribution in [3.05, 3.63) is 26.3 Å². The maximum Gasteiger partial charge on any atom is 0.258 e. The maximum atomic E-state index is 12.6. The van der Waals surface area contributed by atoms with Gasteiger partial charge in [0.15, 0.2) is 0 Å². The highest BCUT2D eigenvalue weighted by molar-refractivity contribution is 14.1. The second-order valence-corrected chi connectivity index (χ2v) is 6.00. The zero-order chi connectivity index (χ0) is 14.9. The van der Waals surface area contributed by atoms with Crippen molar-refractivity contribution in [3.8, 4) is 5.75 Å². The van der Waals surface area contributed by atoms with Crippen LogP contribution < -0.4 is 10.1 Å². The molecule has 1 N–H and O–H groups in total. The minimum atomic E-state index is -0.501. The van der Waals surface area contributed by atoms with Crippen LogP contribution in [0.4, 0.5) is 0 Å². The van der Waals surface area contributed by atoms with Crippen LogP contribution in [0.15, 0.2) is 12.1 Å². The number of methoxy groups -OCH3 is 1. The topological polar surface area (TPSA) is 58.6 Å². The number of carbonyl (C=O) groups excluding carboxylic acids is 2. The van der Waals surface area contributed by atoms with Crippen molar-refractivity contribution in [2.45, 2.75) is 13.0 Å². The van der Waals surface area contributed by atoms with Gasteiger partial charge in [-0.05, 0) is 41.6 Å². The Balaban J connectivity index is 2.37. The normalized spacial score (nSPS) is 18.7. The van der Waals surface area contributed by atoms with Gasteiger partial charge in [-0.3, -0.25) is 9.59 Å². The number of nitrogens with one attached hydrogen (secondary N) is 1. The lowest BCUT2D eigenvalue weighted by Crippen LogP contribution is -2.55. The summed E-state index contributed by atoms with van der Waals surface area (Å²) < 4.78 is 6.05. The summed E-state index contributed by atoms with van der Waals surface area (Å²) in [4.78, 5) is 25.8. The van der Waals surface area contributed by atoms with Gasteiger partial charge in [0.05, 0.1) is 17.7 Å². The number of halogens is 2. The summed E-state index contributed by atoms with van der Waals surface area (Å²) in [6.45, 7) is 2.63. The summed E-state index contributed by atoms with van der Waals surface area (Å²) >= 11 is 8.15. The van der Waals surface area contributed by atoms with E-state index in [1.807, 2.05) is 0 Å². The van der Waals surface area contributed by atoms with Crippen LogP contribution in [0.3, 0.4) is 0 Å². The van der Waals surface area contributed by atoms with Crippen LogP contribution in [0.5, 0.6) is 5.75 Å². The molecule has 0 radical (unpaired) electrons. The molecule has 1 aromatic carbocycles. The first-order chi connectivity index (χ1) is 9.45. The molecule has 1 aromatic rings. The fourth-order valence-electron chi connectivity index (χ4n) is 2.08. The highest BCUT2D eigenvalue weighted by atomic mass is 127. The average molecular weight is 409 g/mol. The smallest absolute Gasteiger partial charge is 0.258 e. The molecule has 7 heteroatoms. The summed E-state index contributed by atoms with van der Waals surface area (Å²) in [5.41, 5.74) is 0.375. The Morgan fingerprint density at radius 1 is 1.55 bits per heavy atom. The van der Waals surface area contributed by atoms with E-state index in [9.17, 15) is 9.59 Å². The van der Waals surface area contributed by atoms with E-state index in [4.69, 9.17) is 16.3 Å². The molecule has 0 bridgehead atoms. The fourth-order valence-corrected chi connectivity index (χ4v) is 2.68. The van der Waals surface area contributed by atoms with E-state index in [2.05, 4.69) is 27.9 Å². The molecule has 1 atom stereocenters. The molecular weight excluding hydrogens is 395 g/mol. The van der Waals surface area contributed by atoms with Crippen LogP contribution >= 0.6 is 34.2 Å². The van der Waals surface area contributed by atoms with Gasteiger partial charge >= 0.3 is 0 Å². The monoisotopic (exact) mass is 408 g/mol. The van der Waals surface area contributed by atoms with Crippen molar-refractivity contribution in [2.75, 3.05) is 20.2 Å². The van der Waals surface area contributed by atoms with E-state index in [-0.39, 0.29) is 11.8 Å². The molecule has 0 spiro atoms. The molecule has 1 aliphatic heterocycles. The molecule has 1 saturated heterocycles. The number of ether oxygens (including phenoxy) is 1. The van der Waals surface area contributed by atoms with Crippen LogP contribution in [0, 0.1) is 3.57 Å². The predicted molar refractivity (Wildman–Crippen MR) is 84.2 cm³/mol. The van der Waals surface area contributed by atoms with Crippen molar-refractivity contribution in [1.29, 1.82) is 0 Å². The first kappa shape index (κ1) is 15.4. The quantitative estimate of drug-likeness (QED) is 0.761. The molecule has 0 saturated carbocycles. The van der Waals surface area contributed by atoms with Crippen LogP contribution in [-0.2, 0) is 4.79 Å². The van der Waals surface area contributed by atoms with Gasteiger partial charge < -0.3 is 15.0 Å². The molecule has 0 aliphatic carbocycles. The van der Waals surface area contributed by atoms with E-state index in [0.29, 0.717) is 29.4 Å². The third kappa shape index (κ3) is 2.85. The molecule has 2 amide bonds. The highest BCUT2D eigenvalue weighted by Gasteiger charge is 2.31. The van der Waals surface area contributed by atoms with E-state index >= 15 is 0 Å². The fraction of sp³-hybridized carbons (Fsp3) is 0.385. The van der Waals surface area contributed by atoms with E-state index < -0.39 is 6.04 Å². The lowest BCUT2D eigenvalue weighted by Gasteiger charge is -2.33. The summed E-state index contributed by atoms with van der Waals surface area (Å²) in [6.07, 6.45) is 0. The maximum absolute atomic E-state index is 12.6. The van der Waals surface area contributed by atoms with Crippen molar-refractivity contribution in [1.82, 2.24) is 10.2 Å². The number of amides is 2. The molecular formula is C13H14ClIN2O3. The Labute approximate surface area is 135 Å². The Kier molecular flexibility index (Phi) is 4.74. The number of piperazine rings is 1. The molecule has 1 fully saturated rings. The standard InChI is InChI=1S/C13H14ClIN2O3/c1-7-12(18)16-3-4-17(7)13(19)8-5-9(14)10(15)6-11(8)20-2/h5-7H,3-4H2,1-2H3,(H,16,18). The van der Waals surface area contributed by atoms with Gasteiger partial charge in [-0.25, -0.2) is 0 Å². The number of nitrogens with zero attached hydrogens (tertiary/aromatic N) is 1. The first-order valence-corrected chi connectivity index (χ1v) is 7.53. The molecule has 1 aliphatic rings. The molecule has 2 rings (SSSR count). The van der Waals surface area contributed by atoms with Gasteiger partial charge in [0.2, 0.25) is 5.91 Å². The van der Waals surface area contributed by atoms with E-state index in [0.717, 1.165) is 3.57 Å². The Bertz CT molecular complexity index is 565. The van der Waals surface area contributed by atoms with Gasteiger partial charge in [0.25, 0.3) is 5.91 Å². The minimum absolute atomic E-state index is 0.153. The Morgan fingerprint density at radius 2 is 2.25 bits per heavy atom. The molecule has 5 nitrogen and oxygen atoms in total. The Morgan fingerprint density at radius 3 is 2.90 bits per heavy atom. The number of carbonyl (C=O) groups is 2. The van der Waals surface area contributed by atoms with Crippen molar-refractivity contribution < 1.29 is 14.3 Å². The summed E-state index contributed by atoms with van der Waals surface area (Å²) in [5.74, 6) is 0.0599. The number of hydrogen-bond acceptors (Lipinski definition) is 3. The predicted octanol–water partition coefficient (Wildman–Crippen LogP) is 1.91.